The van der Waals surface area contributed by atoms with Crippen LogP contribution in [0.15, 0.2) is 72.8 Å². The quantitative estimate of drug-likeness (QED) is 0.592. The van der Waals surface area contributed by atoms with E-state index in [9.17, 15) is 9.59 Å². The van der Waals surface area contributed by atoms with Crippen molar-refractivity contribution in [2.24, 2.45) is 0 Å². The average Bonchev–Trinajstić information content (AvgIpc) is 3.15. The fourth-order valence-corrected chi connectivity index (χ4v) is 4.15. The van der Waals surface area contributed by atoms with Crippen LogP contribution >= 0.6 is 0 Å². The molecule has 4 heteroatoms. The summed E-state index contributed by atoms with van der Waals surface area (Å²) in [5.74, 6) is -0.0250. The van der Waals surface area contributed by atoms with Crippen molar-refractivity contribution in [1.29, 1.82) is 0 Å². The molecule has 0 bridgehead atoms. The zero-order valence-corrected chi connectivity index (χ0v) is 16.8. The predicted octanol–water partition coefficient (Wildman–Crippen LogP) is 4.72. The number of benzene rings is 3. The molecule has 146 valence electrons. The Morgan fingerprint density at radius 1 is 0.600 bits per heavy atom. The first-order valence-corrected chi connectivity index (χ1v) is 9.83. The van der Waals surface area contributed by atoms with E-state index in [0.717, 1.165) is 33.6 Å². The van der Waals surface area contributed by atoms with Crippen LogP contribution in [0, 0.1) is 0 Å². The minimum absolute atomic E-state index is 0.0125. The molecule has 0 saturated carbocycles. The lowest BCUT2D eigenvalue weighted by Gasteiger charge is -2.08. The molecule has 0 fully saturated rings. The van der Waals surface area contributed by atoms with Crippen LogP contribution in [0.5, 0.6) is 0 Å². The lowest BCUT2D eigenvalue weighted by atomic mass is 10.0. The molecule has 2 aliphatic rings. The summed E-state index contributed by atoms with van der Waals surface area (Å²) in [7, 11) is 3.59. The molecule has 0 radical (unpaired) electrons. The molecule has 3 aromatic rings. The number of nitrogens with zero attached hydrogens (tertiary/aromatic N) is 2. The molecule has 3 aromatic carbocycles. The summed E-state index contributed by atoms with van der Waals surface area (Å²) in [5.41, 5.74) is 6.92. The van der Waals surface area contributed by atoms with Gasteiger partial charge >= 0.3 is 0 Å². The van der Waals surface area contributed by atoms with E-state index in [2.05, 4.69) is 0 Å². The second kappa shape index (κ2) is 6.85. The van der Waals surface area contributed by atoms with E-state index in [1.54, 1.807) is 23.9 Å². The Hall–Kier alpha value is -3.92. The summed E-state index contributed by atoms with van der Waals surface area (Å²) < 4.78 is 0. The number of carbonyl (C=O) groups excluding carboxylic acids is 2. The molecule has 0 N–H and O–H groups in total. The third-order valence-electron chi connectivity index (χ3n) is 5.71. The van der Waals surface area contributed by atoms with Gasteiger partial charge in [0.05, 0.1) is 11.4 Å². The third kappa shape index (κ3) is 2.77. The lowest BCUT2D eigenvalue weighted by Crippen LogP contribution is -2.20. The Kier molecular flexibility index (Phi) is 4.14. The number of fused-ring (bicyclic) bond motifs is 2. The molecule has 0 saturated heterocycles. The topological polar surface area (TPSA) is 40.6 Å². The first-order valence-electron chi connectivity index (χ1n) is 9.83. The number of para-hydroxylation sites is 2. The predicted molar refractivity (Wildman–Crippen MR) is 122 cm³/mol. The average molecular weight is 392 g/mol. The van der Waals surface area contributed by atoms with Crippen molar-refractivity contribution in [1.82, 2.24) is 0 Å². The number of anilines is 2. The van der Waals surface area contributed by atoms with Gasteiger partial charge in [-0.2, -0.15) is 0 Å². The molecular formula is C26H20N2O2. The van der Waals surface area contributed by atoms with Gasteiger partial charge in [0.1, 0.15) is 0 Å². The third-order valence-corrected chi connectivity index (χ3v) is 5.71. The Morgan fingerprint density at radius 2 is 1.03 bits per heavy atom. The molecule has 30 heavy (non-hydrogen) atoms. The summed E-state index contributed by atoms with van der Waals surface area (Å²) in [6, 6.07) is 23.5. The minimum atomic E-state index is -0.0125. The molecule has 2 heterocycles. The summed E-state index contributed by atoms with van der Waals surface area (Å²) in [4.78, 5) is 28.8. The fraction of sp³-hybridized carbons (Fsp3) is 0.0769. The van der Waals surface area contributed by atoms with Gasteiger partial charge in [0.15, 0.2) is 0 Å². The summed E-state index contributed by atoms with van der Waals surface area (Å²) >= 11 is 0. The van der Waals surface area contributed by atoms with Crippen LogP contribution in [0.2, 0.25) is 0 Å². The van der Waals surface area contributed by atoms with E-state index in [4.69, 9.17) is 0 Å². The molecule has 2 aliphatic heterocycles. The first-order chi connectivity index (χ1) is 14.5. The van der Waals surface area contributed by atoms with E-state index in [1.165, 1.54) is 0 Å². The maximum Gasteiger partial charge on any atom is 0.258 e. The summed E-state index contributed by atoms with van der Waals surface area (Å²) in [5, 5.41) is 0. The van der Waals surface area contributed by atoms with Crippen molar-refractivity contribution in [3.8, 4) is 0 Å². The van der Waals surface area contributed by atoms with Gasteiger partial charge in [-0.1, -0.05) is 54.6 Å². The number of likely N-dealkylation sites (N-methyl/N-ethyl adjacent to an activating group) is 2. The molecule has 0 unspecified atom stereocenters. The van der Waals surface area contributed by atoms with Crippen LogP contribution in [0.1, 0.15) is 22.3 Å². The van der Waals surface area contributed by atoms with Gasteiger partial charge in [-0.3, -0.25) is 9.59 Å². The number of amides is 2. The van der Waals surface area contributed by atoms with Crippen molar-refractivity contribution >= 4 is 46.5 Å². The normalized spacial score (nSPS) is 17.8. The maximum absolute atomic E-state index is 12.7. The second-order valence-electron chi connectivity index (χ2n) is 7.55. The van der Waals surface area contributed by atoms with Gasteiger partial charge in [0, 0.05) is 36.4 Å². The van der Waals surface area contributed by atoms with Gasteiger partial charge in [-0.05, 0) is 41.5 Å². The molecule has 5 rings (SSSR count). The van der Waals surface area contributed by atoms with Crippen molar-refractivity contribution in [3.63, 3.8) is 0 Å². The van der Waals surface area contributed by atoms with E-state index in [-0.39, 0.29) is 11.8 Å². The van der Waals surface area contributed by atoms with Gasteiger partial charge in [0.2, 0.25) is 0 Å². The Morgan fingerprint density at radius 3 is 1.50 bits per heavy atom. The van der Waals surface area contributed by atoms with Crippen LogP contribution in [0.4, 0.5) is 11.4 Å². The Bertz CT molecular complexity index is 1170. The van der Waals surface area contributed by atoms with Gasteiger partial charge < -0.3 is 9.80 Å². The molecule has 0 aromatic heterocycles. The van der Waals surface area contributed by atoms with Crippen LogP contribution in [0.3, 0.4) is 0 Å². The Labute approximate surface area is 175 Å². The smallest absolute Gasteiger partial charge is 0.258 e. The lowest BCUT2D eigenvalue weighted by molar-refractivity contribution is -0.113. The highest BCUT2D eigenvalue weighted by atomic mass is 16.2. The summed E-state index contributed by atoms with van der Waals surface area (Å²) in [6.07, 6.45) is 3.84. The molecular weight excluding hydrogens is 372 g/mol. The maximum atomic E-state index is 12.7. The monoisotopic (exact) mass is 392 g/mol. The number of hydrogen-bond acceptors (Lipinski definition) is 2. The van der Waals surface area contributed by atoms with E-state index >= 15 is 0 Å². The molecule has 0 aliphatic carbocycles. The van der Waals surface area contributed by atoms with E-state index in [0.29, 0.717) is 11.1 Å². The Balaban J connectivity index is 1.55. The molecule has 2 amide bonds. The fourth-order valence-electron chi connectivity index (χ4n) is 4.15. The number of hydrogen-bond donors (Lipinski definition) is 0. The largest absolute Gasteiger partial charge is 0.311 e. The highest BCUT2D eigenvalue weighted by molar-refractivity contribution is 6.36. The number of carbonyl (C=O) groups is 2. The molecule has 4 nitrogen and oxygen atoms in total. The van der Waals surface area contributed by atoms with Crippen molar-refractivity contribution in [2.45, 2.75) is 0 Å². The summed E-state index contributed by atoms with van der Waals surface area (Å²) in [6.45, 7) is 0. The second-order valence-corrected chi connectivity index (χ2v) is 7.55. The highest BCUT2D eigenvalue weighted by Crippen LogP contribution is 2.38. The first kappa shape index (κ1) is 18.1. The molecule has 0 atom stereocenters. The van der Waals surface area contributed by atoms with Crippen LogP contribution in [-0.2, 0) is 9.59 Å². The zero-order chi connectivity index (χ0) is 20.8. The van der Waals surface area contributed by atoms with Crippen molar-refractivity contribution < 1.29 is 9.59 Å². The SMILES string of the molecule is CN1C(=O)/C(=C\c2cccc(/C=C3\C(=O)N(C)c4ccccc43)c2)c2ccccc21. The zero-order valence-electron chi connectivity index (χ0n) is 16.8. The van der Waals surface area contributed by atoms with Crippen molar-refractivity contribution in [3.05, 3.63) is 95.1 Å². The standard InChI is InChI=1S/C26H20N2O2/c1-27-23-12-5-3-10-19(23)21(25(27)29)15-17-8-7-9-18(14-17)16-22-20-11-4-6-13-24(20)28(2)26(22)30/h3-16H,1-2H3/b21-15-,22-16-. The van der Waals surface area contributed by atoms with E-state index in [1.807, 2.05) is 84.9 Å². The highest BCUT2D eigenvalue weighted by Gasteiger charge is 2.30. The molecule has 0 spiro atoms. The van der Waals surface area contributed by atoms with Crippen molar-refractivity contribution in [2.75, 3.05) is 23.9 Å². The number of rotatable bonds is 2. The van der Waals surface area contributed by atoms with Gasteiger partial charge in [-0.15, -0.1) is 0 Å². The van der Waals surface area contributed by atoms with Crippen LogP contribution < -0.4 is 9.80 Å². The van der Waals surface area contributed by atoms with E-state index < -0.39 is 0 Å². The van der Waals surface area contributed by atoms with Gasteiger partial charge in [0.25, 0.3) is 11.8 Å². The van der Waals surface area contributed by atoms with Gasteiger partial charge in [-0.25, -0.2) is 0 Å². The van der Waals surface area contributed by atoms with Crippen LogP contribution in [-0.4, -0.2) is 25.9 Å². The van der Waals surface area contributed by atoms with Crippen LogP contribution in [0.25, 0.3) is 23.3 Å². The minimum Gasteiger partial charge on any atom is -0.311 e.